The number of nitrogens with two attached hydrogens (primary N) is 1. The van der Waals surface area contributed by atoms with Crippen LogP contribution in [0.4, 0.5) is 0 Å². The number of amides is 1. The number of primary sulfonamides is 1. The van der Waals surface area contributed by atoms with Crippen LogP contribution in [0.3, 0.4) is 0 Å². The second kappa shape index (κ2) is 8.04. The molecule has 2 aromatic rings. The minimum Gasteiger partial charge on any atom is -0.336 e. The number of aromatic nitrogens is 2. The van der Waals surface area contributed by atoms with E-state index in [4.69, 9.17) is 5.14 Å². The molecule has 2 N–H and O–H groups in total. The number of benzene rings is 1. The average molecular weight is 425 g/mol. The van der Waals surface area contributed by atoms with Crippen molar-refractivity contribution in [3.8, 4) is 0 Å². The second-order valence-corrected chi connectivity index (χ2v) is 10.3. The number of likely N-dealkylation sites (tertiary alicyclic amines) is 1. The Morgan fingerprint density at radius 1 is 1.32 bits per heavy atom. The molecule has 0 saturated carbocycles. The summed E-state index contributed by atoms with van der Waals surface area (Å²) in [5.74, 6) is 0.129. The van der Waals surface area contributed by atoms with Gasteiger partial charge in [0, 0.05) is 18.6 Å². The van der Waals surface area contributed by atoms with Crippen LogP contribution < -0.4 is 5.14 Å². The quantitative estimate of drug-likeness (QED) is 0.744. The number of hydrogen-bond acceptors (Lipinski definition) is 5. The molecular weight excluding hydrogens is 396 g/mol. The van der Waals surface area contributed by atoms with Crippen molar-refractivity contribution in [1.82, 2.24) is 14.5 Å². The predicted octanol–water partition coefficient (Wildman–Crippen LogP) is 2.97. The van der Waals surface area contributed by atoms with E-state index in [-0.39, 0.29) is 28.1 Å². The van der Waals surface area contributed by atoms with Gasteiger partial charge in [0.05, 0.1) is 21.2 Å². The van der Waals surface area contributed by atoms with Crippen molar-refractivity contribution < 1.29 is 13.2 Å². The molecule has 1 fully saturated rings. The number of imidazole rings is 1. The van der Waals surface area contributed by atoms with Crippen LogP contribution in [-0.4, -0.2) is 46.1 Å². The summed E-state index contributed by atoms with van der Waals surface area (Å²) in [7, 11) is -3.78. The van der Waals surface area contributed by atoms with Crippen molar-refractivity contribution >= 4 is 38.7 Å². The van der Waals surface area contributed by atoms with Crippen LogP contribution in [0.2, 0.25) is 0 Å². The van der Waals surface area contributed by atoms with E-state index in [0.717, 1.165) is 24.8 Å². The van der Waals surface area contributed by atoms with Gasteiger partial charge in [-0.3, -0.25) is 4.79 Å². The van der Waals surface area contributed by atoms with Crippen LogP contribution >= 0.6 is 11.8 Å². The van der Waals surface area contributed by atoms with E-state index in [9.17, 15) is 13.2 Å². The Morgan fingerprint density at radius 3 is 2.54 bits per heavy atom. The summed E-state index contributed by atoms with van der Waals surface area (Å²) >= 11 is 1.42. The maximum Gasteiger partial charge on any atom is 0.238 e. The lowest BCUT2D eigenvalue weighted by atomic mass is 9.97. The van der Waals surface area contributed by atoms with Crippen LogP contribution in [-0.2, 0) is 21.4 Å². The smallest absolute Gasteiger partial charge is 0.238 e. The highest BCUT2D eigenvalue weighted by Crippen LogP contribution is 2.31. The van der Waals surface area contributed by atoms with Crippen LogP contribution in [0.5, 0.6) is 0 Å². The van der Waals surface area contributed by atoms with Gasteiger partial charge in [-0.15, -0.1) is 0 Å². The Balaban J connectivity index is 1.89. The summed E-state index contributed by atoms with van der Waals surface area (Å²) < 4.78 is 25.3. The number of thioether (sulfide) groups is 1. The molecule has 3 atom stereocenters. The zero-order valence-electron chi connectivity index (χ0n) is 16.8. The molecule has 0 spiro atoms. The molecule has 0 radical (unpaired) electrons. The zero-order valence-corrected chi connectivity index (χ0v) is 18.4. The summed E-state index contributed by atoms with van der Waals surface area (Å²) in [4.78, 5) is 19.7. The zero-order chi connectivity index (χ0) is 20.6. The van der Waals surface area contributed by atoms with Gasteiger partial charge in [-0.1, -0.05) is 11.8 Å². The summed E-state index contributed by atoms with van der Waals surface area (Å²) in [5, 5.41) is 5.67. The highest BCUT2D eigenvalue weighted by atomic mass is 32.2. The lowest BCUT2D eigenvalue weighted by Crippen LogP contribution is -2.50. The van der Waals surface area contributed by atoms with Gasteiger partial charge in [0.2, 0.25) is 15.9 Å². The van der Waals surface area contributed by atoms with Crippen molar-refractivity contribution in [3.63, 3.8) is 0 Å². The maximum absolute atomic E-state index is 13.1. The maximum atomic E-state index is 13.1. The first-order chi connectivity index (χ1) is 13.1. The first kappa shape index (κ1) is 21.1. The molecule has 1 aliphatic rings. The minimum atomic E-state index is -3.78. The van der Waals surface area contributed by atoms with Gasteiger partial charge in [0.25, 0.3) is 0 Å². The van der Waals surface area contributed by atoms with Gasteiger partial charge in [-0.05, 0) is 65.2 Å². The number of sulfonamides is 1. The molecule has 0 aliphatic carbocycles. The van der Waals surface area contributed by atoms with Crippen molar-refractivity contribution in [1.29, 1.82) is 0 Å². The fraction of sp³-hybridized carbons (Fsp3) is 0.579. The third-order valence-corrected chi connectivity index (χ3v) is 7.40. The first-order valence-electron chi connectivity index (χ1n) is 9.65. The minimum absolute atomic E-state index is 0.0393. The molecule has 1 aromatic carbocycles. The van der Waals surface area contributed by atoms with Gasteiger partial charge < -0.3 is 9.47 Å². The Hall–Kier alpha value is -1.58. The number of carbonyl (C=O) groups excluding carboxylic acids is 1. The van der Waals surface area contributed by atoms with Crippen LogP contribution in [0, 0.1) is 0 Å². The highest BCUT2D eigenvalue weighted by Gasteiger charge is 2.32. The molecular formula is C19H28N4O3S2. The Morgan fingerprint density at radius 2 is 1.96 bits per heavy atom. The first-order valence-corrected chi connectivity index (χ1v) is 12.1. The molecule has 1 amide bonds. The third kappa shape index (κ3) is 4.06. The summed E-state index contributed by atoms with van der Waals surface area (Å²) in [6.07, 6.45) is 3.24. The highest BCUT2D eigenvalue weighted by molar-refractivity contribution is 8.00. The monoisotopic (exact) mass is 424 g/mol. The molecule has 2 heterocycles. The molecule has 3 rings (SSSR count). The van der Waals surface area contributed by atoms with Crippen molar-refractivity contribution in [2.75, 3.05) is 0 Å². The van der Waals surface area contributed by atoms with Crippen LogP contribution in [0.15, 0.2) is 28.3 Å². The Labute approximate surface area is 170 Å². The fourth-order valence-electron chi connectivity index (χ4n) is 3.93. The van der Waals surface area contributed by atoms with Crippen molar-refractivity contribution in [2.24, 2.45) is 5.14 Å². The number of nitrogens with zero attached hydrogens (tertiary/aromatic N) is 3. The Kier molecular flexibility index (Phi) is 6.07. The normalized spacial score (nSPS) is 21.8. The SMILES string of the molecule is CCn1c(S[C@@H](C)C(=O)N2[C@@H](C)CCC[C@@H]2C)nc2cc(S(N)(=O)=O)ccc21. The number of fused-ring (bicyclic) bond motifs is 1. The number of aryl methyl sites for hydroxylation is 1. The van der Waals surface area contributed by atoms with E-state index in [0.29, 0.717) is 17.2 Å². The van der Waals surface area contributed by atoms with Crippen molar-refractivity contribution in [2.45, 2.75) is 80.9 Å². The van der Waals surface area contributed by atoms with E-state index >= 15 is 0 Å². The topological polar surface area (TPSA) is 98.3 Å². The van der Waals surface area contributed by atoms with E-state index < -0.39 is 10.0 Å². The number of piperidine rings is 1. The molecule has 1 saturated heterocycles. The van der Waals surface area contributed by atoms with E-state index in [2.05, 4.69) is 18.8 Å². The number of carbonyl (C=O) groups is 1. The molecule has 0 bridgehead atoms. The van der Waals surface area contributed by atoms with Crippen LogP contribution in [0.1, 0.15) is 47.0 Å². The molecule has 1 aliphatic heterocycles. The average Bonchev–Trinajstić information content (AvgIpc) is 2.96. The summed E-state index contributed by atoms with van der Waals surface area (Å²) in [6.45, 7) is 8.81. The van der Waals surface area contributed by atoms with Crippen LogP contribution in [0.25, 0.3) is 11.0 Å². The number of hydrogen-bond donors (Lipinski definition) is 1. The molecule has 7 nitrogen and oxygen atoms in total. The van der Waals surface area contributed by atoms with Gasteiger partial charge in [0.1, 0.15) is 0 Å². The Bertz CT molecular complexity index is 976. The van der Waals surface area contributed by atoms with Gasteiger partial charge in [-0.25, -0.2) is 18.5 Å². The number of rotatable bonds is 5. The summed E-state index contributed by atoms with van der Waals surface area (Å²) in [6, 6.07) is 5.20. The largest absolute Gasteiger partial charge is 0.336 e. The van der Waals surface area contributed by atoms with Crippen molar-refractivity contribution in [3.05, 3.63) is 18.2 Å². The summed E-state index contributed by atoms with van der Waals surface area (Å²) in [5.41, 5.74) is 1.40. The lowest BCUT2D eigenvalue weighted by Gasteiger charge is -2.40. The van der Waals surface area contributed by atoms with Gasteiger partial charge in [0.15, 0.2) is 5.16 Å². The second-order valence-electron chi connectivity index (χ2n) is 7.47. The lowest BCUT2D eigenvalue weighted by molar-refractivity contribution is -0.136. The van der Waals surface area contributed by atoms with Gasteiger partial charge in [-0.2, -0.15) is 0 Å². The molecule has 28 heavy (non-hydrogen) atoms. The predicted molar refractivity (Wildman–Crippen MR) is 112 cm³/mol. The fourth-order valence-corrected chi connectivity index (χ4v) is 5.51. The molecule has 1 aromatic heterocycles. The third-order valence-electron chi connectivity index (χ3n) is 5.41. The standard InChI is InChI=1S/C19H28N4O3S2/c1-5-22-17-10-9-15(28(20,25)26)11-16(17)21-19(22)27-14(4)18(24)23-12(2)7-6-8-13(23)3/h9-14H,5-8H2,1-4H3,(H2,20,25,26)/t12-,13-,14-/m0/s1. The van der Waals surface area contributed by atoms with E-state index in [1.54, 1.807) is 6.07 Å². The van der Waals surface area contributed by atoms with E-state index in [1.165, 1.54) is 23.9 Å². The molecule has 0 unspecified atom stereocenters. The molecule has 154 valence electrons. The van der Waals surface area contributed by atoms with Gasteiger partial charge >= 0.3 is 0 Å². The van der Waals surface area contributed by atoms with E-state index in [1.807, 2.05) is 23.3 Å². The molecule has 9 heteroatoms.